The Labute approximate surface area is 550 Å². The lowest BCUT2D eigenvalue weighted by Gasteiger charge is -2.22. The number of H-pyrrole nitrogens is 3. The minimum absolute atomic E-state index is 0.192. The standard InChI is InChI=1S/C70H73F9N12O6/c71-68(72,73)46-16-25-52-43(37-83-58(52)34-46)31-61(92)89-55(7-1-4-28-80)65(95)86-49-19-10-40(11-20-49)64(41-12-21-50(22-13-41)87-66(96)56(8-2-5-29-81)90-62(93)32-44-38-84-59-35-47(69(74,75)76)17-26-53(44)59)42-14-23-51(24-15-42)88-67(97)57(9-3-6-30-82)91-63(94)33-45-39-85-60-36-48(70(77,78)79)18-27-54(45)60/h10-27,34-39,55-57,64,83-85H,1-9,28-33,80-82H2,(H,86,95)(H,87,96)(H,88,97)(H,89,92)(H,90,93)(H,91,94)/t55-,56-,57-/m1/s1. The van der Waals surface area contributed by atoms with Crippen molar-refractivity contribution in [2.45, 2.75) is 120 Å². The second-order valence-corrected chi connectivity index (χ2v) is 23.7. The second-order valence-electron chi connectivity index (χ2n) is 23.7. The fourth-order valence-corrected chi connectivity index (χ4v) is 11.6. The summed E-state index contributed by atoms with van der Waals surface area (Å²) in [5.74, 6) is -3.82. The number of unbranched alkanes of at least 4 members (excludes halogenated alkanes) is 3. The molecule has 0 saturated heterocycles. The van der Waals surface area contributed by atoms with Gasteiger partial charge in [-0.25, -0.2) is 0 Å². The van der Waals surface area contributed by atoms with Crippen LogP contribution in [-0.2, 0) is 66.6 Å². The van der Waals surface area contributed by atoms with E-state index in [0.29, 0.717) is 125 Å². The van der Waals surface area contributed by atoms with Crippen LogP contribution in [0.2, 0.25) is 0 Å². The number of hydrogen-bond acceptors (Lipinski definition) is 9. The average Bonchev–Trinajstić information content (AvgIpc) is 1.70. The molecule has 0 aliphatic carbocycles. The Kier molecular flexibility index (Phi) is 23.3. The van der Waals surface area contributed by atoms with E-state index in [9.17, 15) is 68.3 Å². The summed E-state index contributed by atoms with van der Waals surface area (Å²) < 4.78 is 121. The Morgan fingerprint density at radius 3 is 0.856 bits per heavy atom. The number of fused-ring (bicyclic) bond motifs is 3. The number of aromatic amines is 3. The van der Waals surface area contributed by atoms with E-state index in [4.69, 9.17) is 17.2 Å². The van der Waals surface area contributed by atoms with Gasteiger partial charge in [0.15, 0.2) is 0 Å². The van der Waals surface area contributed by atoms with Gasteiger partial charge in [-0.3, -0.25) is 28.8 Å². The van der Waals surface area contributed by atoms with Gasteiger partial charge >= 0.3 is 18.5 Å². The van der Waals surface area contributed by atoms with Gasteiger partial charge in [0, 0.05) is 74.3 Å². The van der Waals surface area contributed by atoms with Gasteiger partial charge in [-0.15, -0.1) is 0 Å². The quantitative estimate of drug-likeness (QED) is 0.0116. The lowest BCUT2D eigenvalue weighted by Crippen LogP contribution is -2.44. The SMILES string of the molecule is NCCCC[C@@H](NC(=O)Cc1c[nH]c2cc(C(F)(F)F)ccc12)C(=O)Nc1ccc(C(c2ccc(NC(=O)[C@@H](CCCCN)NC(=O)Cc3c[nH]c4cc(C(F)(F)F)ccc34)cc2)c2ccc(NC(=O)[C@@H](CCCCN)NC(=O)Cc3c[nH]c4cc(C(F)(F)F)ccc34)cc2)cc1. The Bertz CT molecular complexity index is 3790. The molecule has 0 unspecified atom stereocenters. The highest BCUT2D eigenvalue weighted by Gasteiger charge is 2.34. The number of nitrogens with two attached hydrogens (primary N) is 3. The Hall–Kier alpha value is -9.99. The second kappa shape index (κ2) is 31.7. The fourth-order valence-electron chi connectivity index (χ4n) is 11.6. The number of rotatable bonds is 30. The molecule has 3 atom stereocenters. The first kappa shape index (κ1) is 71.3. The molecule has 3 heterocycles. The van der Waals surface area contributed by atoms with Crippen molar-refractivity contribution in [3.05, 3.63) is 196 Å². The van der Waals surface area contributed by atoms with Gasteiger partial charge in [0.05, 0.1) is 36.0 Å². The molecule has 6 aromatic carbocycles. The summed E-state index contributed by atoms with van der Waals surface area (Å²) >= 11 is 0. The molecule has 0 bridgehead atoms. The van der Waals surface area contributed by atoms with Crippen molar-refractivity contribution in [1.82, 2.24) is 30.9 Å². The molecule has 6 amide bonds. The summed E-state index contributed by atoms with van der Waals surface area (Å²) in [7, 11) is 0. The first-order chi connectivity index (χ1) is 46.3. The van der Waals surface area contributed by atoms with Crippen LogP contribution in [0.1, 0.15) is 114 Å². The number of benzene rings is 6. The maximum Gasteiger partial charge on any atom is 0.416 e. The van der Waals surface area contributed by atoms with Crippen molar-refractivity contribution in [1.29, 1.82) is 0 Å². The number of halogens is 9. The number of carbonyl (C=O) groups is 6. The van der Waals surface area contributed by atoms with Crippen LogP contribution in [0.15, 0.2) is 146 Å². The van der Waals surface area contributed by atoms with E-state index in [1.165, 1.54) is 36.8 Å². The predicted molar refractivity (Wildman–Crippen MR) is 352 cm³/mol. The molecular formula is C70H73F9N12O6. The normalized spacial score (nSPS) is 13.0. The highest BCUT2D eigenvalue weighted by Crippen LogP contribution is 2.37. The summed E-state index contributed by atoms with van der Waals surface area (Å²) in [6, 6.07) is 27.2. The van der Waals surface area contributed by atoms with Crippen molar-refractivity contribution < 1.29 is 68.3 Å². The highest BCUT2D eigenvalue weighted by molar-refractivity contribution is 6.00. The van der Waals surface area contributed by atoms with Crippen molar-refractivity contribution in [2.75, 3.05) is 35.6 Å². The van der Waals surface area contributed by atoms with Crippen molar-refractivity contribution in [3.63, 3.8) is 0 Å². The summed E-state index contributed by atoms with van der Waals surface area (Å²) in [5.41, 5.74) is 19.8. The molecule has 0 radical (unpaired) electrons. The number of nitrogens with one attached hydrogen (secondary N) is 9. The summed E-state index contributed by atoms with van der Waals surface area (Å²) in [6.45, 7) is 0.995. The van der Waals surface area contributed by atoms with Gasteiger partial charge in [-0.1, -0.05) is 54.6 Å². The van der Waals surface area contributed by atoms with Crippen molar-refractivity contribution in [2.24, 2.45) is 17.2 Å². The van der Waals surface area contributed by atoms with Crippen LogP contribution in [0.3, 0.4) is 0 Å². The number of hydrogen-bond donors (Lipinski definition) is 12. The van der Waals surface area contributed by atoms with Crippen LogP contribution >= 0.6 is 0 Å². The minimum atomic E-state index is -4.57. The number of alkyl halides is 9. The molecule has 0 aliphatic heterocycles. The first-order valence-corrected chi connectivity index (χ1v) is 31.5. The third-order valence-electron chi connectivity index (χ3n) is 16.7. The van der Waals surface area contributed by atoms with Crippen LogP contribution in [0.5, 0.6) is 0 Å². The van der Waals surface area contributed by atoms with E-state index >= 15 is 0 Å². The van der Waals surface area contributed by atoms with Crippen LogP contribution in [-0.4, -0.2) is 88.2 Å². The van der Waals surface area contributed by atoms with Gasteiger partial charge in [-0.2, -0.15) is 39.5 Å². The zero-order chi connectivity index (χ0) is 69.6. The zero-order valence-corrected chi connectivity index (χ0v) is 52.4. The van der Waals surface area contributed by atoms with Crippen LogP contribution in [0.25, 0.3) is 32.7 Å². The van der Waals surface area contributed by atoms with Gasteiger partial charge in [0.1, 0.15) is 18.1 Å². The van der Waals surface area contributed by atoms with Crippen molar-refractivity contribution in [3.8, 4) is 0 Å². The van der Waals surface area contributed by atoms with Gasteiger partial charge in [-0.05, 0) is 184 Å². The van der Waals surface area contributed by atoms with E-state index < -0.39 is 94.7 Å². The van der Waals surface area contributed by atoms with E-state index in [-0.39, 0.29) is 55.1 Å². The molecule has 0 fully saturated rings. The lowest BCUT2D eigenvalue weighted by atomic mass is 9.85. The molecule has 27 heteroatoms. The third kappa shape index (κ3) is 18.9. The summed E-state index contributed by atoms with van der Waals surface area (Å²) in [6.07, 6.45) is -6.33. The Morgan fingerprint density at radius 1 is 0.361 bits per heavy atom. The monoisotopic (exact) mass is 1350 g/mol. The van der Waals surface area contributed by atoms with Crippen LogP contribution in [0.4, 0.5) is 56.6 Å². The number of anilines is 3. The van der Waals surface area contributed by atoms with Gasteiger partial charge in [0.25, 0.3) is 0 Å². The summed E-state index contributed by atoms with van der Waals surface area (Å²) in [5, 5.41) is 18.3. The summed E-state index contributed by atoms with van der Waals surface area (Å²) in [4.78, 5) is 91.1. The molecule has 15 N–H and O–H groups in total. The molecule has 9 aromatic rings. The maximum absolute atomic E-state index is 14.0. The first-order valence-electron chi connectivity index (χ1n) is 31.5. The number of aromatic nitrogens is 3. The highest BCUT2D eigenvalue weighted by atomic mass is 19.4. The Morgan fingerprint density at radius 2 is 0.619 bits per heavy atom. The third-order valence-corrected chi connectivity index (χ3v) is 16.7. The lowest BCUT2D eigenvalue weighted by molar-refractivity contribution is -0.138. The molecule has 0 aliphatic rings. The largest absolute Gasteiger partial charge is 0.416 e. The maximum atomic E-state index is 14.0. The average molecular weight is 1350 g/mol. The van der Waals surface area contributed by atoms with Crippen molar-refractivity contribution >= 4 is 85.2 Å². The predicted octanol–water partition coefficient (Wildman–Crippen LogP) is 11.8. The van der Waals surface area contributed by atoms with E-state index in [1.54, 1.807) is 72.8 Å². The van der Waals surface area contributed by atoms with Gasteiger partial charge < -0.3 is 64.1 Å². The molecule has 97 heavy (non-hydrogen) atoms. The smallest absolute Gasteiger partial charge is 0.361 e. The van der Waals surface area contributed by atoms with Crippen LogP contribution < -0.4 is 49.1 Å². The molecule has 512 valence electrons. The van der Waals surface area contributed by atoms with Crippen LogP contribution in [0, 0.1) is 0 Å². The van der Waals surface area contributed by atoms with E-state index in [2.05, 4.69) is 46.9 Å². The molecule has 9 rings (SSSR count). The minimum Gasteiger partial charge on any atom is -0.361 e. The molecule has 0 saturated carbocycles. The van der Waals surface area contributed by atoms with Gasteiger partial charge in [0.2, 0.25) is 35.4 Å². The zero-order valence-electron chi connectivity index (χ0n) is 52.4. The number of carbonyl (C=O) groups excluding carboxylic acids is 6. The Balaban J connectivity index is 0.931. The fraction of sp³-hybridized carbons (Fsp3) is 0.314. The molecular weight excluding hydrogens is 1280 g/mol. The molecule has 18 nitrogen and oxygen atoms in total. The molecule has 3 aromatic heterocycles. The number of amides is 6. The molecule has 0 spiro atoms. The topological polar surface area (TPSA) is 300 Å². The van der Waals surface area contributed by atoms with E-state index in [1.807, 2.05) is 0 Å². The van der Waals surface area contributed by atoms with E-state index in [0.717, 1.165) is 36.4 Å².